The number of ether oxygens (including phenoxy) is 2. The lowest BCUT2D eigenvalue weighted by Crippen LogP contribution is -2.55. The Morgan fingerprint density at radius 2 is 1.73 bits per heavy atom. The minimum absolute atomic E-state index is 0.0251. The van der Waals surface area contributed by atoms with Crippen molar-refractivity contribution >= 4 is 11.6 Å². The van der Waals surface area contributed by atoms with E-state index in [-0.39, 0.29) is 17.8 Å². The van der Waals surface area contributed by atoms with Crippen molar-refractivity contribution in [3.05, 3.63) is 53.8 Å². The van der Waals surface area contributed by atoms with E-state index in [1.165, 1.54) is 6.07 Å². The molecule has 1 fully saturated rings. The number of benzene rings is 2. The molecule has 1 aliphatic rings. The molecule has 6 heteroatoms. The second kappa shape index (κ2) is 7.74. The number of hydrogen-bond acceptors (Lipinski definition) is 4. The van der Waals surface area contributed by atoms with Crippen molar-refractivity contribution in [2.24, 2.45) is 0 Å². The number of halogens is 1. The Morgan fingerprint density at radius 3 is 2.35 bits per heavy atom. The Labute approximate surface area is 152 Å². The van der Waals surface area contributed by atoms with Gasteiger partial charge in [-0.05, 0) is 13.0 Å². The summed E-state index contributed by atoms with van der Waals surface area (Å²) in [5.41, 5.74) is 1.34. The van der Waals surface area contributed by atoms with Crippen LogP contribution in [0.2, 0.25) is 0 Å². The fourth-order valence-corrected chi connectivity index (χ4v) is 3.18. The second-order valence-electron chi connectivity index (χ2n) is 6.30. The fourth-order valence-electron chi connectivity index (χ4n) is 3.18. The lowest BCUT2D eigenvalue weighted by Gasteiger charge is -2.39. The molecule has 0 aliphatic carbocycles. The summed E-state index contributed by atoms with van der Waals surface area (Å²) in [7, 11) is 3.16. The monoisotopic (exact) mass is 358 g/mol. The van der Waals surface area contributed by atoms with Gasteiger partial charge in [-0.3, -0.25) is 9.69 Å². The standard InChI is InChI=1S/C20H23FN2O3/c1-14-20(24)23(16-10-17(25-2)12-18(11-16)26-3)9-8-22(14)13-15-6-4-5-7-19(15)21/h4-7,10-12,14H,8-9,13H2,1-3H3. The van der Waals surface area contributed by atoms with Crippen LogP contribution in [-0.4, -0.2) is 44.2 Å². The van der Waals surface area contributed by atoms with Crippen LogP contribution in [0, 0.1) is 5.82 Å². The molecule has 138 valence electrons. The average Bonchev–Trinajstić information content (AvgIpc) is 2.66. The van der Waals surface area contributed by atoms with E-state index < -0.39 is 0 Å². The Bertz CT molecular complexity index is 774. The summed E-state index contributed by atoms with van der Waals surface area (Å²) < 4.78 is 24.5. The molecule has 3 rings (SSSR count). The van der Waals surface area contributed by atoms with Crippen LogP contribution >= 0.6 is 0 Å². The van der Waals surface area contributed by atoms with Crippen molar-refractivity contribution in [3.63, 3.8) is 0 Å². The van der Waals surface area contributed by atoms with Gasteiger partial charge in [0.25, 0.3) is 0 Å². The van der Waals surface area contributed by atoms with Crippen LogP contribution in [0.5, 0.6) is 11.5 Å². The first-order chi connectivity index (χ1) is 12.5. The van der Waals surface area contributed by atoms with Gasteiger partial charge >= 0.3 is 0 Å². The zero-order valence-electron chi connectivity index (χ0n) is 15.2. The zero-order valence-corrected chi connectivity index (χ0v) is 15.2. The maximum Gasteiger partial charge on any atom is 0.244 e. The van der Waals surface area contributed by atoms with E-state index in [1.54, 1.807) is 37.3 Å². The van der Waals surface area contributed by atoms with Crippen molar-refractivity contribution in [3.8, 4) is 11.5 Å². The lowest BCUT2D eigenvalue weighted by atomic mass is 10.1. The minimum atomic E-state index is -0.347. The number of methoxy groups -OCH3 is 2. The number of rotatable bonds is 5. The van der Waals surface area contributed by atoms with Gasteiger partial charge in [0.05, 0.1) is 25.9 Å². The number of carbonyl (C=O) groups is 1. The average molecular weight is 358 g/mol. The van der Waals surface area contributed by atoms with Crippen molar-refractivity contribution in [2.75, 3.05) is 32.2 Å². The molecule has 1 amide bonds. The zero-order chi connectivity index (χ0) is 18.7. The first kappa shape index (κ1) is 18.2. The topological polar surface area (TPSA) is 42.0 Å². The third-order valence-electron chi connectivity index (χ3n) is 4.76. The summed E-state index contributed by atoms with van der Waals surface area (Å²) in [5.74, 6) is 0.997. The maximum atomic E-state index is 13.9. The van der Waals surface area contributed by atoms with Gasteiger partial charge in [-0.2, -0.15) is 0 Å². The van der Waals surface area contributed by atoms with E-state index in [4.69, 9.17) is 9.47 Å². The van der Waals surface area contributed by atoms with Crippen LogP contribution in [0.1, 0.15) is 12.5 Å². The van der Waals surface area contributed by atoms with Crippen LogP contribution in [-0.2, 0) is 11.3 Å². The van der Waals surface area contributed by atoms with Gasteiger partial charge in [0.2, 0.25) is 5.91 Å². The summed E-state index contributed by atoms with van der Waals surface area (Å²) in [6.45, 7) is 3.44. The third kappa shape index (κ3) is 3.65. The summed E-state index contributed by atoms with van der Waals surface area (Å²) in [6.07, 6.45) is 0. The first-order valence-corrected chi connectivity index (χ1v) is 8.55. The fraction of sp³-hybridized carbons (Fsp3) is 0.350. The molecule has 0 radical (unpaired) electrons. The molecule has 1 aliphatic heterocycles. The second-order valence-corrected chi connectivity index (χ2v) is 6.30. The van der Waals surface area contributed by atoms with E-state index in [9.17, 15) is 9.18 Å². The van der Waals surface area contributed by atoms with Crippen LogP contribution in [0.3, 0.4) is 0 Å². The summed E-state index contributed by atoms with van der Waals surface area (Å²) in [4.78, 5) is 16.6. The highest BCUT2D eigenvalue weighted by Crippen LogP contribution is 2.30. The Hall–Kier alpha value is -2.60. The molecule has 1 saturated heterocycles. The molecule has 0 spiro atoms. The van der Waals surface area contributed by atoms with Crippen LogP contribution in [0.4, 0.5) is 10.1 Å². The molecule has 1 unspecified atom stereocenters. The highest BCUT2D eigenvalue weighted by Gasteiger charge is 2.33. The van der Waals surface area contributed by atoms with Gasteiger partial charge in [-0.25, -0.2) is 4.39 Å². The largest absolute Gasteiger partial charge is 0.497 e. The molecule has 2 aromatic rings. The molecule has 0 bridgehead atoms. The van der Waals surface area contributed by atoms with Gasteiger partial charge in [0.15, 0.2) is 0 Å². The molecule has 5 nitrogen and oxygen atoms in total. The summed E-state index contributed by atoms with van der Waals surface area (Å²) in [5, 5.41) is 0. The summed E-state index contributed by atoms with van der Waals surface area (Å²) >= 11 is 0. The molecule has 0 N–H and O–H groups in total. The van der Waals surface area contributed by atoms with E-state index in [0.29, 0.717) is 36.7 Å². The molecule has 1 heterocycles. The molecule has 1 atom stereocenters. The maximum absolute atomic E-state index is 13.9. The lowest BCUT2D eigenvalue weighted by molar-refractivity contribution is -0.125. The SMILES string of the molecule is COc1cc(OC)cc(N2CCN(Cc3ccccc3F)C(C)C2=O)c1. The number of carbonyl (C=O) groups excluding carboxylic acids is 1. The molecule has 2 aromatic carbocycles. The predicted molar refractivity (Wildman–Crippen MR) is 98.2 cm³/mol. The molecule has 26 heavy (non-hydrogen) atoms. The molecular formula is C20H23FN2O3. The Balaban J connectivity index is 1.79. The highest BCUT2D eigenvalue weighted by atomic mass is 19.1. The van der Waals surface area contributed by atoms with Crippen LogP contribution < -0.4 is 14.4 Å². The van der Waals surface area contributed by atoms with Crippen LogP contribution in [0.15, 0.2) is 42.5 Å². The van der Waals surface area contributed by atoms with Gasteiger partial charge < -0.3 is 14.4 Å². The van der Waals surface area contributed by atoms with Gasteiger partial charge in [0.1, 0.15) is 17.3 Å². The van der Waals surface area contributed by atoms with Crippen molar-refractivity contribution in [1.29, 1.82) is 0 Å². The van der Waals surface area contributed by atoms with Gasteiger partial charge in [-0.1, -0.05) is 18.2 Å². The van der Waals surface area contributed by atoms with E-state index in [1.807, 2.05) is 30.0 Å². The molecule has 0 aromatic heterocycles. The van der Waals surface area contributed by atoms with Gasteiger partial charge in [0, 0.05) is 43.4 Å². The van der Waals surface area contributed by atoms with Crippen molar-refractivity contribution in [2.45, 2.75) is 19.5 Å². The molecule has 0 saturated carbocycles. The quantitative estimate of drug-likeness (QED) is 0.824. The number of amides is 1. The minimum Gasteiger partial charge on any atom is -0.497 e. The smallest absolute Gasteiger partial charge is 0.244 e. The number of hydrogen-bond donors (Lipinski definition) is 0. The highest BCUT2D eigenvalue weighted by molar-refractivity contribution is 5.98. The van der Waals surface area contributed by atoms with Gasteiger partial charge in [-0.15, -0.1) is 0 Å². The normalized spacial score (nSPS) is 18.1. The first-order valence-electron chi connectivity index (χ1n) is 8.55. The van der Waals surface area contributed by atoms with Crippen molar-refractivity contribution < 1.29 is 18.7 Å². The van der Waals surface area contributed by atoms with E-state index in [2.05, 4.69) is 0 Å². The predicted octanol–water partition coefficient (Wildman–Crippen LogP) is 3.08. The third-order valence-corrected chi connectivity index (χ3v) is 4.76. The van der Waals surface area contributed by atoms with E-state index in [0.717, 1.165) is 5.69 Å². The van der Waals surface area contributed by atoms with Crippen LogP contribution in [0.25, 0.3) is 0 Å². The van der Waals surface area contributed by atoms with E-state index >= 15 is 0 Å². The number of piperazine rings is 1. The number of nitrogens with zero attached hydrogens (tertiary/aromatic N) is 2. The Kier molecular flexibility index (Phi) is 5.42. The summed E-state index contributed by atoms with van der Waals surface area (Å²) in [6, 6.07) is 11.7. The number of anilines is 1. The Morgan fingerprint density at radius 1 is 1.08 bits per heavy atom. The van der Waals surface area contributed by atoms with Crippen molar-refractivity contribution in [1.82, 2.24) is 4.90 Å². The molecular weight excluding hydrogens is 335 g/mol.